The van der Waals surface area contributed by atoms with E-state index in [2.05, 4.69) is 0 Å². The van der Waals surface area contributed by atoms with Gasteiger partial charge in [-0.2, -0.15) is 0 Å². The summed E-state index contributed by atoms with van der Waals surface area (Å²) in [6.45, 7) is 8.81. The van der Waals surface area contributed by atoms with Gasteiger partial charge in [-0.25, -0.2) is 4.39 Å². The molecule has 20 heavy (non-hydrogen) atoms. The number of halogens is 1. The minimum atomic E-state index is -0.848. The van der Waals surface area contributed by atoms with Crippen molar-refractivity contribution in [3.63, 3.8) is 0 Å². The fourth-order valence-electron chi connectivity index (χ4n) is 2.12. The summed E-state index contributed by atoms with van der Waals surface area (Å²) in [6, 6.07) is 3.00. The molecule has 1 aromatic carbocycles. The number of Topliss-reactive ketones (excluding diaryl/α,β-unsaturated/α-hetero) is 1. The maximum atomic E-state index is 14.5. The summed E-state index contributed by atoms with van der Waals surface area (Å²) < 4.78 is 26.1. The second-order valence-electron chi connectivity index (χ2n) is 6.08. The van der Waals surface area contributed by atoms with Crippen LogP contribution in [0.25, 0.3) is 0 Å². The molecule has 1 fully saturated rings. The molecule has 0 radical (unpaired) electrons. The molecular formula is C14H19BFNO3. The fraction of sp³-hybridized carbons (Fsp3) is 0.500. The molecule has 0 amide bonds. The maximum Gasteiger partial charge on any atom is 0.497 e. The molecule has 0 saturated carbocycles. The van der Waals surface area contributed by atoms with Crippen LogP contribution in [0.15, 0.2) is 12.1 Å². The highest BCUT2D eigenvalue weighted by molar-refractivity contribution is 6.62. The van der Waals surface area contributed by atoms with E-state index >= 15 is 0 Å². The van der Waals surface area contributed by atoms with Crippen LogP contribution in [0, 0.1) is 5.82 Å². The first-order valence-electron chi connectivity index (χ1n) is 6.51. The first-order valence-corrected chi connectivity index (χ1v) is 6.51. The first-order chi connectivity index (χ1) is 9.07. The van der Waals surface area contributed by atoms with Gasteiger partial charge < -0.3 is 15.0 Å². The Morgan fingerprint density at radius 3 is 2.15 bits per heavy atom. The molecule has 0 spiro atoms. The van der Waals surface area contributed by atoms with Crippen LogP contribution in [0.2, 0.25) is 0 Å². The summed E-state index contributed by atoms with van der Waals surface area (Å²) in [7, 11) is -0.848. The van der Waals surface area contributed by atoms with E-state index in [0.29, 0.717) is 0 Å². The minimum Gasteiger partial charge on any atom is -0.399 e. The van der Waals surface area contributed by atoms with Gasteiger partial charge >= 0.3 is 7.12 Å². The highest BCUT2D eigenvalue weighted by Crippen LogP contribution is 2.36. The molecule has 0 atom stereocenters. The number of nitrogens with two attached hydrogens (primary N) is 1. The predicted octanol–water partition coefficient (Wildman–Crippen LogP) is 1.91. The Hall–Kier alpha value is -1.40. The predicted molar refractivity (Wildman–Crippen MR) is 76.5 cm³/mol. The summed E-state index contributed by atoms with van der Waals surface area (Å²) in [6.07, 6.45) is 0. The van der Waals surface area contributed by atoms with Crippen molar-refractivity contribution < 1.29 is 18.5 Å². The number of ketones is 1. The SMILES string of the molecule is CC(=O)c1c(N)ccc(B2OC(C)(C)C(C)(C)O2)c1F. The minimum absolute atomic E-state index is 0.114. The van der Waals surface area contributed by atoms with Crippen molar-refractivity contribution in [1.82, 2.24) is 0 Å². The zero-order chi connectivity index (χ0) is 15.3. The number of hydrogen-bond donors (Lipinski definition) is 1. The van der Waals surface area contributed by atoms with Gasteiger partial charge in [0.15, 0.2) is 5.78 Å². The molecule has 1 aromatic rings. The van der Waals surface area contributed by atoms with Gasteiger partial charge in [0, 0.05) is 11.2 Å². The van der Waals surface area contributed by atoms with E-state index in [1.54, 1.807) is 0 Å². The second-order valence-corrected chi connectivity index (χ2v) is 6.08. The Morgan fingerprint density at radius 2 is 1.70 bits per heavy atom. The molecule has 1 heterocycles. The van der Waals surface area contributed by atoms with Crippen LogP contribution in [-0.2, 0) is 9.31 Å². The molecule has 4 nitrogen and oxygen atoms in total. The van der Waals surface area contributed by atoms with Crippen molar-refractivity contribution in [3.8, 4) is 0 Å². The molecular weight excluding hydrogens is 260 g/mol. The van der Waals surface area contributed by atoms with Crippen molar-refractivity contribution in [2.75, 3.05) is 5.73 Å². The number of anilines is 1. The molecule has 2 N–H and O–H groups in total. The van der Waals surface area contributed by atoms with Gasteiger partial charge in [-0.1, -0.05) is 6.07 Å². The molecule has 108 valence electrons. The lowest BCUT2D eigenvalue weighted by atomic mass is 9.77. The number of rotatable bonds is 2. The molecule has 2 rings (SSSR count). The van der Waals surface area contributed by atoms with E-state index in [9.17, 15) is 9.18 Å². The standard InChI is InChI=1S/C14H19BFNO3/c1-8(18)11-10(17)7-6-9(12(11)16)15-19-13(2,3)14(4,5)20-15/h6-7H,17H2,1-5H3. The number of hydrogen-bond acceptors (Lipinski definition) is 4. The molecule has 1 saturated heterocycles. The molecule has 0 bridgehead atoms. The van der Waals surface area contributed by atoms with Crippen LogP contribution in [0.3, 0.4) is 0 Å². The average Bonchev–Trinajstić information content (AvgIpc) is 2.47. The van der Waals surface area contributed by atoms with Crippen LogP contribution >= 0.6 is 0 Å². The smallest absolute Gasteiger partial charge is 0.399 e. The van der Waals surface area contributed by atoms with Crippen LogP contribution in [-0.4, -0.2) is 24.1 Å². The van der Waals surface area contributed by atoms with E-state index in [-0.39, 0.29) is 16.7 Å². The molecule has 1 aliphatic heterocycles. The van der Waals surface area contributed by atoms with Crippen molar-refractivity contribution in [2.45, 2.75) is 45.8 Å². The van der Waals surface area contributed by atoms with E-state index in [4.69, 9.17) is 15.0 Å². The molecule has 0 aromatic heterocycles. The summed E-state index contributed by atoms with van der Waals surface area (Å²) in [5, 5.41) is 0. The Balaban J connectivity index is 2.46. The monoisotopic (exact) mass is 279 g/mol. The quantitative estimate of drug-likeness (QED) is 0.510. The van der Waals surface area contributed by atoms with Gasteiger partial charge in [-0.15, -0.1) is 0 Å². The Labute approximate surface area is 118 Å². The van der Waals surface area contributed by atoms with Gasteiger partial charge in [0.2, 0.25) is 0 Å². The molecule has 1 aliphatic rings. The highest BCUT2D eigenvalue weighted by Gasteiger charge is 2.52. The van der Waals surface area contributed by atoms with Crippen molar-refractivity contribution in [1.29, 1.82) is 0 Å². The van der Waals surface area contributed by atoms with Gasteiger partial charge in [0.1, 0.15) is 5.82 Å². The summed E-state index contributed by atoms with van der Waals surface area (Å²) >= 11 is 0. The fourth-order valence-corrected chi connectivity index (χ4v) is 2.12. The van der Waals surface area contributed by atoms with Crippen molar-refractivity contribution in [3.05, 3.63) is 23.5 Å². The zero-order valence-electron chi connectivity index (χ0n) is 12.4. The number of carbonyl (C=O) groups is 1. The van der Waals surface area contributed by atoms with Crippen LogP contribution in [0.5, 0.6) is 0 Å². The first kappa shape index (κ1) is 15.0. The Bertz CT molecular complexity index is 556. The van der Waals surface area contributed by atoms with E-state index < -0.39 is 29.9 Å². The largest absolute Gasteiger partial charge is 0.497 e. The normalized spacial score (nSPS) is 20.2. The van der Waals surface area contributed by atoms with E-state index in [0.717, 1.165) is 0 Å². The zero-order valence-corrected chi connectivity index (χ0v) is 12.4. The van der Waals surface area contributed by atoms with Crippen molar-refractivity contribution >= 4 is 24.1 Å². The summed E-state index contributed by atoms with van der Waals surface area (Å²) in [5.74, 6) is -1.09. The number of nitrogen functional groups attached to an aromatic ring is 1. The van der Waals surface area contributed by atoms with Gasteiger partial charge in [-0.05, 0) is 40.7 Å². The van der Waals surface area contributed by atoms with Crippen LogP contribution < -0.4 is 11.2 Å². The summed E-state index contributed by atoms with van der Waals surface area (Å²) in [4.78, 5) is 11.5. The lowest BCUT2D eigenvalue weighted by Gasteiger charge is -2.32. The topological polar surface area (TPSA) is 61.6 Å². The van der Waals surface area contributed by atoms with Crippen LogP contribution in [0.4, 0.5) is 10.1 Å². The molecule has 0 aliphatic carbocycles. The third-order valence-electron chi connectivity index (χ3n) is 4.06. The van der Waals surface area contributed by atoms with Crippen LogP contribution in [0.1, 0.15) is 45.0 Å². The van der Waals surface area contributed by atoms with Gasteiger partial charge in [-0.3, -0.25) is 4.79 Å². The van der Waals surface area contributed by atoms with Gasteiger partial charge in [0.25, 0.3) is 0 Å². The third kappa shape index (κ3) is 2.23. The Kier molecular flexibility index (Phi) is 3.43. The lowest BCUT2D eigenvalue weighted by molar-refractivity contribution is 0.00578. The number of carbonyl (C=O) groups excluding carboxylic acids is 1. The average molecular weight is 279 g/mol. The van der Waals surface area contributed by atoms with E-state index in [1.807, 2.05) is 27.7 Å². The second kappa shape index (κ2) is 4.57. The Morgan fingerprint density at radius 1 is 1.20 bits per heavy atom. The highest BCUT2D eigenvalue weighted by atomic mass is 19.1. The van der Waals surface area contributed by atoms with E-state index in [1.165, 1.54) is 19.1 Å². The lowest BCUT2D eigenvalue weighted by Crippen LogP contribution is -2.41. The van der Waals surface area contributed by atoms with Crippen molar-refractivity contribution in [2.24, 2.45) is 0 Å². The maximum absolute atomic E-state index is 14.5. The molecule has 0 unspecified atom stereocenters. The third-order valence-corrected chi connectivity index (χ3v) is 4.06. The van der Waals surface area contributed by atoms with Gasteiger partial charge in [0.05, 0.1) is 16.8 Å². The summed E-state index contributed by atoms with van der Waals surface area (Å²) in [5.41, 5.74) is 4.72. The molecule has 6 heteroatoms. The number of benzene rings is 1.